The number of likely N-dealkylation sites (tertiary alicyclic amines) is 1. The first-order valence-corrected chi connectivity index (χ1v) is 13.0. The van der Waals surface area contributed by atoms with E-state index in [9.17, 15) is 9.90 Å². The molecule has 1 aromatic heterocycles. The van der Waals surface area contributed by atoms with Gasteiger partial charge >= 0.3 is 6.03 Å². The molecule has 2 N–H and O–H groups in total. The van der Waals surface area contributed by atoms with E-state index < -0.39 is 6.10 Å². The molecule has 0 radical (unpaired) electrons. The van der Waals surface area contributed by atoms with E-state index >= 15 is 0 Å². The fraction of sp³-hybridized carbons (Fsp3) is 0.407. The summed E-state index contributed by atoms with van der Waals surface area (Å²) < 4.78 is 5.66. The Morgan fingerprint density at radius 1 is 1.39 bits per heavy atom. The number of nitriles is 1. The number of nitrogens with zero attached hydrogens (tertiary/aromatic N) is 4. The summed E-state index contributed by atoms with van der Waals surface area (Å²) in [6.45, 7) is 8.58. The van der Waals surface area contributed by atoms with Crippen LogP contribution in [0.2, 0.25) is 0 Å². The molecule has 36 heavy (non-hydrogen) atoms. The molecule has 0 bridgehead atoms. The summed E-state index contributed by atoms with van der Waals surface area (Å²) in [4.78, 5) is 14.5. The van der Waals surface area contributed by atoms with Gasteiger partial charge in [-0.25, -0.2) is 4.79 Å². The van der Waals surface area contributed by atoms with Gasteiger partial charge in [0, 0.05) is 18.7 Å². The maximum atomic E-state index is 12.8. The van der Waals surface area contributed by atoms with Crippen LogP contribution < -0.4 is 5.32 Å². The smallest absolute Gasteiger partial charge is 0.317 e. The molecule has 9 heteroatoms. The van der Waals surface area contributed by atoms with Crippen molar-refractivity contribution in [2.75, 3.05) is 13.1 Å². The molecule has 2 heterocycles. The van der Waals surface area contributed by atoms with Crippen molar-refractivity contribution in [1.29, 1.82) is 5.26 Å². The van der Waals surface area contributed by atoms with Crippen molar-refractivity contribution in [3.8, 4) is 16.6 Å². The van der Waals surface area contributed by atoms with Gasteiger partial charge in [0.2, 0.25) is 0 Å². The van der Waals surface area contributed by atoms with E-state index in [1.165, 1.54) is 16.9 Å². The number of carbonyl (C=O) groups is 1. The fourth-order valence-corrected chi connectivity index (χ4v) is 5.34. The van der Waals surface area contributed by atoms with Gasteiger partial charge in [-0.05, 0) is 62.8 Å². The first kappa shape index (κ1) is 25.6. The SMILES string of the molecule is C=C(C#N)/C(=C\C=C\c1nnc(-c2cccc3c2CC[C@@H]3NC(=O)N2CCC[C@H](O)C2)s1)OC(C)C. The van der Waals surface area contributed by atoms with Crippen molar-refractivity contribution >= 4 is 23.4 Å². The summed E-state index contributed by atoms with van der Waals surface area (Å²) in [5.41, 5.74) is 3.60. The minimum Gasteiger partial charge on any atom is -0.490 e. The van der Waals surface area contributed by atoms with Crippen molar-refractivity contribution in [1.82, 2.24) is 20.4 Å². The molecule has 188 valence electrons. The Hall–Kier alpha value is -3.48. The first-order chi connectivity index (χ1) is 17.4. The number of benzene rings is 1. The number of allylic oxidation sites excluding steroid dienone is 3. The zero-order valence-electron chi connectivity index (χ0n) is 20.6. The standard InChI is InChI=1S/C27H31N5O3S/c1-17(2)35-24(18(3)15-28)10-5-11-25-30-31-26(36-25)22-9-4-8-21-20(22)12-13-23(21)29-27(34)32-14-6-7-19(33)16-32/h4-5,8-11,17,19,23,33H,3,6-7,12-14,16H2,1-2H3,(H,29,34)/b11-5+,24-10+/t19-,23-/m0/s1. The van der Waals surface area contributed by atoms with E-state index in [0.717, 1.165) is 46.8 Å². The van der Waals surface area contributed by atoms with Crippen LogP contribution in [0.4, 0.5) is 4.79 Å². The summed E-state index contributed by atoms with van der Waals surface area (Å²) in [6, 6.07) is 7.94. The van der Waals surface area contributed by atoms with Crippen LogP contribution >= 0.6 is 11.3 Å². The Bertz CT molecular complexity index is 1230. The number of rotatable bonds is 7. The summed E-state index contributed by atoms with van der Waals surface area (Å²) in [5, 5.41) is 32.4. The summed E-state index contributed by atoms with van der Waals surface area (Å²) >= 11 is 1.48. The highest BCUT2D eigenvalue weighted by Crippen LogP contribution is 2.38. The first-order valence-electron chi connectivity index (χ1n) is 12.2. The van der Waals surface area contributed by atoms with Gasteiger partial charge in [0.15, 0.2) is 0 Å². The average Bonchev–Trinajstić information content (AvgIpc) is 3.50. The van der Waals surface area contributed by atoms with Crippen molar-refractivity contribution in [3.05, 3.63) is 64.4 Å². The Kier molecular flexibility index (Phi) is 8.18. The summed E-state index contributed by atoms with van der Waals surface area (Å²) in [6.07, 6.45) is 8.05. The predicted octanol–water partition coefficient (Wildman–Crippen LogP) is 4.76. The lowest BCUT2D eigenvalue weighted by Crippen LogP contribution is -2.47. The number of ether oxygens (including phenoxy) is 1. The molecule has 1 saturated heterocycles. The van der Waals surface area contributed by atoms with Gasteiger partial charge in [-0.15, -0.1) is 10.2 Å². The van der Waals surface area contributed by atoms with Crippen LogP contribution in [-0.4, -0.2) is 51.5 Å². The molecule has 1 aliphatic carbocycles. The normalized spacial score (nSPS) is 19.9. The molecule has 2 aromatic rings. The number of urea groups is 1. The van der Waals surface area contributed by atoms with E-state index in [0.29, 0.717) is 18.8 Å². The number of aromatic nitrogens is 2. The molecular weight excluding hydrogens is 474 g/mol. The minimum atomic E-state index is -0.442. The van der Waals surface area contributed by atoms with Crippen molar-refractivity contribution in [3.63, 3.8) is 0 Å². The third-order valence-corrected chi connectivity index (χ3v) is 7.13. The van der Waals surface area contributed by atoms with Crippen LogP contribution in [0.25, 0.3) is 16.6 Å². The maximum absolute atomic E-state index is 12.8. The quantitative estimate of drug-likeness (QED) is 0.319. The third-order valence-electron chi connectivity index (χ3n) is 6.20. The van der Waals surface area contributed by atoms with Gasteiger partial charge in [-0.3, -0.25) is 0 Å². The van der Waals surface area contributed by atoms with Crippen LogP contribution in [0.3, 0.4) is 0 Å². The molecular formula is C27H31N5O3S. The number of aliphatic hydroxyl groups excluding tert-OH is 1. The van der Waals surface area contributed by atoms with Crippen LogP contribution in [0, 0.1) is 11.3 Å². The number of amides is 2. The highest BCUT2D eigenvalue weighted by Gasteiger charge is 2.30. The largest absolute Gasteiger partial charge is 0.490 e. The van der Waals surface area contributed by atoms with E-state index in [1.807, 2.05) is 38.1 Å². The predicted molar refractivity (Wildman–Crippen MR) is 140 cm³/mol. The Morgan fingerprint density at radius 3 is 2.97 bits per heavy atom. The second kappa shape index (κ2) is 11.5. The molecule has 1 fully saturated rings. The van der Waals surface area contributed by atoms with Crippen molar-refractivity contribution in [2.45, 2.75) is 57.8 Å². The highest BCUT2D eigenvalue weighted by molar-refractivity contribution is 7.15. The molecule has 2 amide bonds. The van der Waals surface area contributed by atoms with Crippen LogP contribution in [-0.2, 0) is 11.2 Å². The topological polar surface area (TPSA) is 111 Å². The summed E-state index contributed by atoms with van der Waals surface area (Å²) in [7, 11) is 0. The van der Waals surface area contributed by atoms with Gasteiger partial charge in [0.1, 0.15) is 21.8 Å². The number of hydrogen-bond donors (Lipinski definition) is 2. The van der Waals surface area contributed by atoms with Gasteiger partial charge < -0.3 is 20.1 Å². The number of aliphatic hydroxyl groups is 1. The molecule has 1 aromatic carbocycles. The number of nitrogens with one attached hydrogen (secondary N) is 1. The van der Waals surface area contributed by atoms with Gasteiger partial charge in [-0.2, -0.15) is 5.26 Å². The zero-order chi connectivity index (χ0) is 25.7. The number of fused-ring (bicyclic) bond motifs is 1. The number of β-amino-alcohol motifs (C(OH)–C–C–N with tert-alkyl or cyclic N) is 1. The third kappa shape index (κ3) is 6.01. The van der Waals surface area contributed by atoms with E-state index in [-0.39, 0.29) is 23.8 Å². The lowest BCUT2D eigenvalue weighted by Gasteiger charge is -2.31. The molecule has 0 saturated carbocycles. The zero-order valence-corrected chi connectivity index (χ0v) is 21.4. The van der Waals surface area contributed by atoms with E-state index in [2.05, 4.69) is 28.2 Å². The van der Waals surface area contributed by atoms with Gasteiger partial charge in [0.05, 0.1) is 23.8 Å². The number of hydrogen-bond acceptors (Lipinski definition) is 7. The molecule has 0 unspecified atom stereocenters. The Balaban J connectivity index is 1.47. The lowest BCUT2D eigenvalue weighted by molar-refractivity contribution is 0.0833. The molecule has 1 aliphatic heterocycles. The Morgan fingerprint density at radius 2 is 2.22 bits per heavy atom. The average molecular weight is 506 g/mol. The number of piperidine rings is 1. The molecule has 4 rings (SSSR count). The van der Waals surface area contributed by atoms with Crippen molar-refractivity contribution in [2.24, 2.45) is 0 Å². The van der Waals surface area contributed by atoms with Crippen LogP contribution in [0.1, 0.15) is 55.3 Å². The minimum absolute atomic E-state index is 0.0587. The second-order valence-electron chi connectivity index (χ2n) is 9.25. The van der Waals surface area contributed by atoms with Crippen LogP contribution in [0.15, 0.2) is 48.3 Å². The maximum Gasteiger partial charge on any atom is 0.317 e. The molecule has 2 aliphatic rings. The van der Waals surface area contributed by atoms with Gasteiger partial charge in [-0.1, -0.05) is 42.2 Å². The van der Waals surface area contributed by atoms with Gasteiger partial charge in [0.25, 0.3) is 0 Å². The second-order valence-corrected chi connectivity index (χ2v) is 10.3. The molecule has 8 nitrogen and oxygen atoms in total. The monoisotopic (exact) mass is 505 g/mol. The molecule has 0 spiro atoms. The lowest BCUT2D eigenvalue weighted by atomic mass is 10.0. The van der Waals surface area contributed by atoms with Crippen LogP contribution in [0.5, 0.6) is 0 Å². The van der Waals surface area contributed by atoms with E-state index in [4.69, 9.17) is 10.00 Å². The summed E-state index contributed by atoms with van der Waals surface area (Å²) in [5.74, 6) is 0.432. The number of carbonyl (C=O) groups excluding carboxylic acids is 1. The highest BCUT2D eigenvalue weighted by atomic mass is 32.1. The fourth-order valence-electron chi connectivity index (χ4n) is 4.53. The van der Waals surface area contributed by atoms with E-state index in [1.54, 1.807) is 17.1 Å². The Labute approximate surface area is 215 Å². The van der Waals surface area contributed by atoms with Crippen molar-refractivity contribution < 1.29 is 14.6 Å². The molecule has 2 atom stereocenters.